The van der Waals surface area contributed by atoms with Crippen LogP contribution >= 0.6 is 11.3 Å². The first-order valence-corrected chi connectivity index (χ1v) is 9.70. The number of nitrogens with zero attached hydrogens (tertiary/aromatic N) is 4. The van der Waals surface area contributed by atoms with Crippen molar-refractivity contribution in [2.24, 2.45) is 5.92 Å². The second-order valence-corrected chi connectivity index (χ2v) is 7.49. The second kappa shape index (κ2) is 7.09. The van der Waals surface area contributed by atoms with Crippen molar-refractivity contribution in [3.05, 3.63) is 40.0 Å². The first-order valence-electron chi connectivity index (χ1n) is 8.76. The van der Waals surface area contributed by atoms with Gasteiger partial charge in [-0.05, 0) is 24.3 Å². The molecule has 2 aliphatic rings. The Hall–Kier alpha value is -1.99. The molecule has 2 aromatic rings. The molecule has 0 bridgehead atoms. The predicted octanol–water partition coefficient (Wildman–Crippen LogP) is 1.60. The van der Waals surface area contributed by atoms with Crippen LogP contribution in [0.4, 0.5) is 5.82 Å². The Balaban J connectivity index is 1.54. The van der Waals surface area contributed by atoms with Gasteiger partial charge in [0, 0.05) is 56.1 Å². The molecular weight excluding hydrogens is 336 g/mol. The third-order valence-corrected chi connectivity index (χ3v) is 5.84. The maximum absolute atomic E-state index is 12.6. The van der Waals surface area contributed by atoms with Gasteiger partial charge in [0.15, 0.2) is 0 Å². The molecular formula is C18H22N4O2S. The number of aliphatic hydroxyl groups is 1. The van der Waals surface area contributed by atoms with Gasteiger partial charge in [0.1, 0.15) is 12.1 Å². The number of carbonyl (C=O) groups excluding carboxylic acids is 1. The smallest absolute Gasteiger partial charge is 0.254 e. The van der Waals surface area contributed by atoms with Crippen LogP contribution in [0.1, 0.15) is 28.0 Å². The minimum Gasteiger partial charge on any atom is -0.396 e. The first-order chi connectivity index (χ1) is 12.3. The molecule has 1 atom stereocenters. The number of hydrogen-bond acceptors (Lipinski definition) is 6. The first kappa shape index (κ1) is 16.5. The van der Waals surface area contributed by atoms with Crippen LogP contribution in [-0.2, 0) is 12.8 Å². The van der Waals surface area contributed by atoms with E-state index in [1.807, 2.05) is 21.7 Å². The van der Waals surface area contributed by atoms with E-state index in [0.29, 0.717) is 19.0 Å². The van der Waals surface area contributed by atoms with Crippen molar-refractivity contribution >= 4 is 23.1 Å². The van der Waals surface area contributed by atoms with Gasteiger partial charge in [-0.25, -0.2) is 9.97 Å². The zero-order chi connectivity index (χ0) is 17.2. The standard InChI is InChI=1S/C18H22N4O2S/c23-10-13-1-5-22(9-13)17-15-2-6-21(7-3-16(15)19-12-20-17)18(24)14-4-8-25-11-14/h4,8,11-13,23H,1-3,5-7,9-10H2/t13-/m1/s1. The Kier molecular flexibility index (Phi) is 4.67. The molecule has 0 spiro atoms. The minimum atomic E-state index is 0.102. The Bertz CT molecular complexity index is 750. The molecule has 0 unspecified atom stereocenters. The van der Waals surface area contributed by atoms with E-state index in [4.69, 9.17) is 0 Å². The van der Waals surface area contributed by atoms with Gasteiger partial charge in [0.2, 0.25) is 0 Å². The highest BCUT2D eigenvalue weighted by Crippen LogP contribution is 2.28. The lowest BCUT2D eigenvalue weighted by Gasteiger charge is -2.21. The summed E-state index contributed by atoms with van der Waals surface area (Å²) in [6.07, 6.45) is 4.18. The summed E-state index contributed by atoms with van der Waals surface area (Å²) in [5.41, 5.74) is 2.99. The van der Waals surface area contributed by atoms with Crippen LogP contribution in [0.5, 0.6) is 0 Å². The molecule has 132 valence electrons. The lowest BCUT2D eigenvalue weighted by atomic mass is 10.1. The van der Waals surface area contributed by atoms with Gasteiger partial charge < -0.3 is 14.9 Å². The number of fused-ring (bicyclic) bond motifs is 1. The fraction of sp³-hybridized carbons (Fsp3) is 0.500. The number of rotatable bonds is 3. The van der Waals surface area contributed by atoms with E-state index >= 15 is 0 Å². The Morgan fingerprint density at radius 2 is 2.16 bits per heavy atom. The quantitative estimate of drug-likeness (QED) is 0.902. The number of hydrogen-bond donors (Lipinski definition) is 1. The van der Waals surface area contributed by atoms with Crippen LogP contribution in [-0.4, -0.2) is 58.7 Å². The Morgan fingerprint density at radius 3 is 2.92 bits per heavy atom. The molecule has 0 saturated carbocycles. The number of amides is 1. The van der Waals surface area contributed by atoms with Gasteiger partial charge in [-0.1, -0.05) is 0 Å². The molecule has 0 aromatic carbocycles. The molecule has 1 saturated heterocycles. The lowest BCUT2D eigenvalue weighted by Crippen LogP contribution is -2.33. The molecule has 1 amide bonds. The highest BCUT2D eigenvalue weighted by molar-refractivity contribution is 7.08. The summed E-state index contributed by atoms with van der Waals surface area (Å²) < 4.78 is 0. The summed E-state index contributed by atoms with van der Waals surface area (Å²) in [6.45, 7) is 3.38. The van der Waals surface area contributed by atoms with Crippen molar-refractivity contribution < 1.29 is 9.90 Å². The van der Waals surface area contributed by atoms with E-state index in [9.17, 15) is 9.90 Å². The fourth-order valence-corrected chi connectivity index (χ4v) is 4.36. The van der Waals surface area contributed by atoms with E-state index in [2.05, 4.69) is 14.9 Å². The lowest BCUT2D eigenvalue weighted by molar-refractivity contribution is 0.0763. The van der Waals surface area contributed by atoms with Crippen molar-refractivity contribution in [2.45, 2.75) is 19.3 Å². The van der Waals surface area contributed by atoms with Crippen molar-refractivity contribution in [2.75, 3.05) is 37.7 Å². The van der Waals surface area contributed by atoms with Crippen molar-refractivity contribution in [1.29, 1.82) is 0 Å². The van der Waals surface area contributed by atoms with Gasteiger partial charge in [-0.3, -0.25) is 4.79 Å². The molecule has 0 aliphatic carbocycles. The number of aromatic nitrogens is 2. The normalized spacial score (nSPS) is 20.4. The summed E-state index contributed by atoms with van der Waals surface area (Å²) in [6, 6.07) is 1.88. The number of anilines is 1. The maximum Gasteiger partial charge on any atom is 0.254 e. The van der Waals surface area contributed by atoms with Crippen LogP contribution in [0, 0.1) is 5.92 Å². The van der Waals surface area contributed by atoms with Gasteiger partial charge in [-0.15, -0.1) is 0 Å². The molecule has 25 heavy (non-hydrogen) atoms. The fourth-order valence-electron chi connectivity index (χ4n) is 3.73. The molecule has 1 fully saturated rings. The Labute approximate surface area is 151 Å². The van der Waals surface area contributed by atoms with Crippen molar-refractivity contribution in [3.8, 4) is 0 Å². The SMILES string of the molecule is O=C(c1ccsc1)N1CCc2ncnc(N3CC[C@@H](CO)C3)c2CC1. The monoisotopic (exact) mass is 358 g/mol. The van der Waals surface area contributed by atoms with E-state index < -0.39 is 0 Å². The topological polar surface area (TPSA) is 69.6 Å². The molecule has 1 N–H and O–H groups in total. The second-order valence-electron chi connectivity index (χ2n) is 6.71. The van der Waals surface area contributed by atoms with Gasteiger partial charge >= 0.3 is 0 Å². The predicted molar refractivity (Wildman–Crippen MR) is 97.1 cm³/mol. The van der Waals surface area contributed by atoms with Crippen molar-refractivity contribution in [1.82, 2.24) is 14.9 Å². The summed E-state index contributed by atoms with van der Waals surface area (Å²) in [4.78, 5) is 25.9. The molecule has 2 aliphatic heterocycles. The van der Waals surface area contributed by atoms with E-state index in [-0.39, 0.29) is 12.5 Å². The number of aliphatic hydroxyl groups excluding tert-OH is 1. The molecule has 6 nitrogen and oxygen atoms in total. The summed E-state index contributed by atoms with van der Waals surface area (Å²) >= 11 is 1.55. The van der Waals surface area contributed by atoms with Gasteiger partial charge in [-0.2, -0.15) is 11.3 Å². The average molecular weight is 358 g/mol. The van der Waals surface area contributed by atoms with Gasteiger partial charge in [0.05, 0.1) is 11.3 Å². The van der Waals surface area contributed by atoms with Gasteiger partial charge in [0.25, 0.3) is 5.91 Å². The average Bonchev–Trinajstić information content (AvgIpc) is 3.29. The molecule has 4 heterocycles. The highest BCUT2D eigenvalue weighted by Gasteiger charge is 2.28. The van der Waals surface area contributed by atoms with E-state index in [0.717, 1.165) is 49.4 Å². The van der Waals surface area contributed by atoms with Crippen LogP contribution in [0.2, 0.25) is 0 Å². The van der Waals surface area contributed by atoms with E-state index in [1.54, 1.807) is 17.7 Å². The minimum absolute atomic E-state index is 0.102. The molecule has 7 heteroatoms. The summed E-state index contributed by atoms with van der Waals surface area (Å²) in [5.74, 6) is 1.42. The van der Waals surface area contributed by atoms with Crippen LogP contribution in [0.25, 0.3) is 0 Å². The molecule has 2 aromatic heterocycles. The summed E-state index contributed by atoms with van der Waals surface area (Å²) in [7, 11) is 0. The van der Waals surface area contributed by atoms with Crippen LogP contribution in [0.3, 0.4) is 0 Å². The highest BCUT2D eigenvalue weighted by atomic mass is 32.1. The van der Waals surface area contributed by atoms with Crippen LogP contribution in [0.15, 0.2) is 23.2 Å². The van der Waals surface area contributed by atoms with Crippen molar-refractivity contribution in [3.63, 3.8) is 0 Å². The largest absolute Gasteiger partial charge is 0.396 e. The maximum atomic E-state index is 12.6. The zero-order valence-corrected chi connectivity index (χ0v) is 14.9. The summed E-state index contributed by atoms with van der Waals surface area (Å²) in [5, 5.41) is 13.2. The number of thiophene rings is 1. The van der Waals surface area contributed by atoms with Crippen LogP contribution < -0.4 is 4.90 Å². The third kappa shape index (κ3) is 3.26. The van der Waals surface area contributed by atoms with E-state index in [1.165, 1.54) is 5.56 Å². The third-order valence-electron chi connectivity index (χ3n) is 5.16. The molecule has 4 rings (SSSR count). The zero-order valence-electron chi connectivity index (χ0n) is 14.1. The number of carbonyl (C=O) groups is 1. The molecule has 0 radical (unpaired) electrons. The Morgan fingerprint density at radius 1 is 1.28 bits per heavy atom.